The first kappa shape index (κ1) is 24.4. The molecule has 2 aromatic carbocycles. The molecule has 0 aliphatic carbocycles. The average molecular weight is 497 g/mol. The largest absolute Gasteiger partial charge is 0.368 e. The van der Waals surface area contributed by atoms with Crippen LogP contribution in [0.25, 0.3) is 10.8 Å². The molecule has 11 heteroatoms. The van der Waals surface area contributed by atoms with E-state index in [-0.39, 0.29) is 30.6 Å². The summed E-state index contributed by atoms with van der Waals surface area (Å²) in [6, 6.07) is 15.9. The van der Waals surface area contributed by atoms with Crippen molar-refractivity contribution in [2.75, 3.05) is 50.7 Å². The summed E-state index contributed by atoms with van der Waals surface area (Å²) in [5.74, 6) is -0.477. The summed E-state index contributed by atoms with van der Waals surface area (Å²) < 4.78 is 27.4. The number of piperazine rings is 1. The van der Waals surface area contributed by atoms with E-state index < -0.39 is 15.9 Å². The van der Waals surface area contributed by atoms with E-state index in [4.69, 9.17) is 0 Å². The smallest absolute Gasteiger partial charge is 0.317 e. The first-order valence-electron chi connectivity index (χ1n) is 11.4. The van der Waals surface area contributed by atoms with Gasteiger partial charge in [0.05, 0.1) is 11.4 Å². The molecule has 4 rings (SSSR count). The van der Waals surface area contributed by atoms with E-state index in [1.165, 1.54) is 6.07 Å². The number of anilines is 1. The van der Waals surface area contributed by atoms with Crippen LogP contribution >= 0.6 is 0 Å². The summed E-state index contributed by atoms with van der Waals surface area (Å²) in [4.78, 5) is 32.5. The van der Waals surface area contributed by atoms with Crippen LogP contribution in [0.3, 0.4) is 0 Å². The van der Waals surface area contributed by atoms with Crippen LogP contribution in [0.4, 0.5) is 10.5 Å². The number of fused-ring (bicyclic) bond motifs is 1. The number of hydrogen-bond donors (Lipinski definition) is 3. The van der Waals surface area contributed by atoms with Crippen molar-refractivity contribution in [1.82, 2.24) is 25.2 Å². The van der Waals surface area contributed by atoms with Crippen LogP contribution in [0, 0.1) is 0 Å². The van der Waals surface area contributed by atoms with Gasteiger partial charge in [-0.3, -0.25) is 9.78 Å². The normalized spacial score (nSPS) is 14.1. The van der Waals surface area contributed by atoms with Gasteiger partial charge in [0, 0.05) is 57.3 Å². The number of pyridine rings is 1. The first-order chi connectivity index (χ1) is 16.9. The van der Waals surface area contributed by atoms with E-state index in [9.17, 15) is 18.0 Å². The maximum atomic E-state index is 12.5. The predicted molar refractivity (Wildman–Crippen MR) is 134 cm³/mol. The van der Waals surface area contributed by atoms with Crippen LogP contribution in [-0.2, 0) is 14.8 Å². The lowest BCUT2D eigenvalue weighted by molar-refractivity contribution is -0.119. The van der Waals surface area contributed by atoms with Gasteiger partial charge in [0.25, 0.3) is 0 Å². The summed E-state index contributed by atoms with van der Waals surface area (Å²) >= 11 is 0. The van der Waals surface area contributed by atoms with E-state index in [0.717, 1.165) is 29.5 Å². The van der Waals surface area contributed by atoms with Crippen LogP contribution in [0.15, 0.2) is 71.9 Å². The highest BCUT2D eigenvalue weighted by molar-refractivity contribution is 7.89. The van der Waals surface area contributed by atoms with Crippen LogP contribution < -0.4 is 20.3 Å². The molecule has 3 aromatic rings. The Morgan fingerprint density at radius 3 is 2.29 bits per heavy atom. The summed E-state index contributed by atoms with van der Waals surface area (Å²) in [6.45, 7) is 2.69. The molecule has 184 valence electrons. The quantitative estimate of drug-likeness (QED) is 0.402. The zero-order chi connectivity index (χ0) is 24.7. The van der Waals surface area contributed by atoms with Crippen molar-refractivity contribution in [1.29, 1.82) is 0 Å². The highest BCUT2D eigenvalue weighted by Crippen LogP contribution is 2.18. The minimum absolute atomic E-state index is 0.0975. The number of urea groups is 1. The molecule has 0 bridgehead atoms. The monoisotopic (exact) mass is 496 g/mol. The third kappa shape index (κ3) is 6.46. The highest BCUT2D eigenvalue weighted by atomic mass is 32.2. The second-order valence-corrected chi connectivity index (χ2v) is 9.86. The Labute approximate surface area is 204 Å². The molecule has 3 amide bonds. The molecule has 35 heavy (non-hydrogen) atoms. The van der Waals surface area contributed by atoms with Crippen molar-refractivity contribution in [3.63, 3.8) is 0 Å². The fraction of sp³-hybridized carbons (Fsp3) is 0.292. The van der Waals surface area contributed by atoms with Gasteiger partial charge in [-0.25, -0.2) is 17.9 Å². The van der Waals surface area contributed by atoms with Gasteiger partial charge in [-0.2, -0.15) is 0 Å². The van der Waals surface area contributed by atoms with E-state index in [0.29, 0.717) is 13.1 Å². The standard InChI is InChI=1S/C24H28N6O4S/c31-23(18-28-35(33,34)22-6-5-19-3-1-2-4-20(19)17-22)26-11-12-27-24(32)30-15-13-29(14-16-30)21-7-9-25-10-8-21/h1-10,17,28H,11-16,18H2,(H,26,31)(H,27,32). The van der Waals surface area contributed by atoms with Crippen molar-refractivity contribution in [2.24, 2.45) is 0 Å². The van der Waals surface area contributed by atoms with E-state index >= 15 is 0 Å². The molecule has 0 spiro atoms. The number of carbonyl (C=O) groups is 2. The van der Waals surface area contributed by atoms with Gasteiger partial charge < -0.3 is 20.4 Å². The first-order valence-corrected chi connectivity index (χ1v) is 12.8. The second-order valence-electron chi connectivity index (χ2n) is 8.09. The van der Waals surface area contributed by atoms with Gasteiger partial charge in [0.1, 0.15) is 0 Å². The molecule has 1 aliphatic rings. The molecule has 1 fully saturated rings. The van der Waals surface area contributed by atoms with Crippen molar-refractivity contribution >= 4 is 38.4 Å². The molecule has 1 aliphatic heterocycles. The summed E-state index contributed by atoms with van der Waals surface area (Å²) in [5, 5.41) is 7.13. The maximum absolute atomic E-state index is 12.5. The molecular formula is C24H28N6O4S. The number of hydrogen-bond acceptors (Lipinski definition) is 6. The zero-order valence-electron chi connectivity index (χ0n) is 19.2. The molecule has 0 radical (unpaired) electrons. The molecule has 1 aromatic heterocycles. The Balaban J connectivity index is 1.15. The summed E-state index contributed by atoms with van der Waals surface area (Å²) in [6.07, 6.45) is 3.49. The van der Waals surface area contributed by atoms with E-state index in [1.54, 1.807) is 29.4 Å². The number of nitrogens with zero attached hydrogens (tertiary/aromatic N) is 3. The predicted octanol–water partition coefficient (Wildman–Crippen LogP) is 1.16. The summed E-state index contributed by atoms with van der Waals surface area (Å²) in [7, 11) is -3.82. The second kappa shape index (κ2) is 11.2. The number of amides is 3. The number of sulfonamides is 1. The molecular weight excluding hydrogens is 468 g/mol. The minimum atomic E-state index is -3.82. The van der Waals surface area contributed by atoms with Crippen molar-refractivity contribution in [3.05, 3.63) is 67.0 Å². The minimum Gasteiger partial charge on any atom is -0.368 e. The van der Waals surface area contributed by atoms with Crippen LogP contribution in [0.2, 0.25) is 0 Å². The van der Waals surface area contributed by atoms with Gasteiger partial charge in [-0.1, -0.05) is 30.3 Å². The van der Waals surface area contributed by atoms with Gasteiger partial charge >= 0.3 is 6.03 Å². The highest BCUT2D eigenvalue weighted by Gasteiger charge is 2.21. The molecule has 2 heterocycles. The van der Waals surface area contributed by atoms with Crippen molar-refractivity contribution in [2.45, 2.75) is 4.90 Å². The van der Waals surface area contributed by atoms with Gasteiger partial charge in [0.15, 0.2) is 0 Å². The number of aromatic nitrogens is 1. The molecule has 0 atom stereocenters. The maximum Gasteiger partial charge on any atom is 0.317 e. The lowest BCUT2D eigenvalue weighted by Crippen LogP contribution is -2.52. The summed E-state index contributed by atoms with van der Waals surface area (Å²) in [5.41, 5.74) is 1.08. The third-order valence-electron chi connectivity index (χ3n) is 5.77. The fourth-order valence-corrected chi connectivity index (χ4v) is 4.86. The Bertz CT molecular complexity index is 1280. The molecule has 0 unspecified atom stereocenters. The number of carbonyl (C=O) groups excluding carboxylic acids is 2. The average Bonchev–Trinajstić information content (AvgIpc) is 2.90. The van der Waals surface area contributed by atoms with Gasteiger partial charge in [-0.15, -0.1) is 0 Å². The van der Waals surface area contributed by atoms with Crippen molar-refractivity contribution < 1.29 is 18.0 Å². The SMILES string of the molecule is O=C(CNS(=O)(=O)c1ccc2ccccc2c1)NCCNC(=O)N1CCN(c2ccncc2)CC1. The van der Waals surface area contributed by atoms with Gasteiger partial charge in [-0.05, 0) is 35.0 Å². The number of benzene rings is 2. The Morgan fingerprint density at radius 2 is 1.54 bits per heavy atom. The molecule has 10 nitrogen and oxygen atoms in total. The molecule has 3 N–H and O–H groups in total. The van der Waals surface area contributed by atoms with E-state index in [1.807, 2.05) is 36.4 Å². The fourth-order valence-electron chi connectivity index (χ4n) is 3.85. The van der Waals surface area contributed by atoms with Crippen molar-refractivity contribution in [3.8, 4) is 0 Å². The Kier molecular flexibility index (Phi) is 7.78. The zero-order valence-corrected chi connectivity index (χ0v) is 20.0. The van der Waals surface area contributed by atoms with Gasteiger partial charge in [0.2, 0.25) is 15.9 Å². The Hall–Kier alpha value is -3.70. The topological polar surface area (TPSA) is 124 Å². The lowest BCUT2D eigenvalue weighted by Gasteiger charge is -2.36. The Morgan fingerprint density at radius 1 is 0.857 bits per heavy atom. The van der Waals surface area contributed by atoms with Crippen LogP contribution in [0.1, 0.15) is 0 Å². The van der Waals surface area contributed by atoms with Crippen LogP contribution in [-0.4, -0.2) is 76.1 Å². The van der Waals surface area contributed by atoms with Crippen LogP contribution in [0.5, 0.6) is 0 Å². The third-order valence-corrected chi connectivity index (χ3v) is 7.17. The number of nitrogens with one attached hydrogen (secondary N) is 3. The van der Waals surface area contributed by atoms with E-state index in [2.05, 4.69) is 25.2 Å². The lowest BCUT2D eigenvalue weighted by atomic mass is 10.1. The number of rotatable bonds is 8. The molecule has 1 saturated heterocycles. The molecule has 0 saturated carbocycles.